The number of nitrogen functional groups attached to an aromatic ring is 1. The molecule has 0 aliphatic rings. The summed E-state index contributed by atoms with van der Waals surface area (Å²) in [5, 5.41) is 3.98. The molecular formula is C9H10BrN5O. The third-order valence-electron chi connectivity index (χ3n) is 2.09. The highest BCUT2D eigenvalue weighted by atomic mass is 79.9. The molecule has 6 nitrogen and oxygen atoms in total. The van der Waals surface area contributed by atoms with Gasteiger partial charge in [-0.3, -0.25) is 4.79 Å². The maximum absolute atomic E-state index is 11.4. The number of hydrogen-bond acceptors (Lipinski definition) is 4. The number of halogens is 1. The van der Waals surface area contributed by atoms with Gasteiger partial charge in [-0.15, -0.1) is 5.10 Å². The van der Waals surface area contributed by atoms with Crippen LogP contribution < -0.4 is 11.3 Å². The van der Waals surface area contributed by atoms with Crippen LogP contribution in [0.1, 0.15) is 0 Å². The molecule has 2 N–H and O–H groups in total. The molecule has 2 heterocycles. The first-order chi connectivity index (χ1) is 7.66. The van der Waals surface area contributed by atoms with E-state index in [0.29, 0.717) is 17.8 Å². The Kier molecular flexibility index (Phi) is 3.04. The summed E-state index contributed by atoms with van der Waals surface area (Å²) in [5.41, 5.74) is 5.40. The van der Waals surface area contributed by atoms with Crippen molar-refractivity contribution < 1.29 is 0 Å². The highest BCUT2D eigenvalue weighted by Crippen LogP contribution is 2.07. The molecule has 0 spiro atoms. The normalized spacial score (nSPS) is 10.6. The zero-order valence-corrected chi connectivity index (χ0v) is 9.96. The minimum atomic E-state index is -0.0355. The van der Waals surface area contributed by atoms with Crippen molar-refractivity contribution in [3.63, 3.8) is 0 Å². The fraction of sp³-hybridized carbons (Fsp3) is 0.222. The van der Waals surface area contributed by atoms with Crippen molar-refractivity contribution in [1.82, 2.24) is 19.3 Å². The molecule has 0 saturated heterocycles. The highest BCUT2D eigenvalue weighted by molar-refractivity contribution is 9.10. The van der Waals surface area contributed by atoms with Crippen molar-refractivity contribution in [3.05, 3.63) is 39.5 Å². The van der Waals surface area contributed by atoms with E-state index >= 15 is 0 Å². The molecule has 0 aliphatic carbocycles. The average Bonchev–Trinajstić information content (AvgIpc) is 2.56. The van der Waals surface area contributed by atoms with Crippen LogP contribution in [0.25, 0.3) is 0 Å². The number of pyridine rings is 1. The van der Waals surface area contributed by atoms with Gasteiger partial charge in [0.2, 0.25) is 5.95 Å². The lowest BCUT2D eigenvalue weighted by molar-refractivity contribution is 0.515. The molecule has 7 heteroatoms. The minimum Gasteiger partial charge on any atom is -0.366 e. The van der Waals surface area contributed by atoms with E-state index in [9.17, 15) is 4.79 Å². The number of nitrogens with two attached hydrogens (primary N) is 1. The van der Waals surface area contributed by atoms with E-state index < -0.39 is 0 Å². The van der Waals surface area contributed by atoms with Crippen LogP contribution in [0.3, 0.4) is 0 Å². The van der Waals surface area contributed by atoms with Crippen molar-refractivity contribution in [3.8, 4) is 0 Å². The molecule has 2 aromatic heterocycles. The monoisotopic (exact) mass is 283 g/mol. The number of hydrogen-bond donors (Lipinski definition) is 1. The zero-order valence-electron chi connectivity index (χ0n) is 8.38. The quantitative estimate of drug-likeness (QED) is 0.889. The third kappa shape index (κ3) is 2.30. The van der Waals surface area contributed by atoms with Crippen molar-refractivity contribution in [2.24, 2.45) is 0 Å². The molecule has 0 aromatic carbocycles. The molecule has 0 saturated carbocycles. The Morgan fingerprint density at radius 2 is 2.19 bits per heavy atom. The van der Waals surface area contributed by atoms with Crippen LogP contribution in [-0.2, 0) is 13.1 Å². The van der Waals surface area contributed by atoms with Gasteiger partial charge in [-0.1, -0.05) is 6.07 Å². The summed E-state index contributed by atoms with van der Waals surface area (Å²) in [4.78, 5) is 15.3. The Morgan fingerprint density at radius 3 is 2.81 bits per heavy atom. The van der Waals surface area contributed by atoms with Crippen LogP contribution in [0.4, 0.5) is 5.95 Å². The van der Waals surface area contributed by atoms with E-state index in [1.165, 1.54) is 6.07 Å². The summed E-state index contributed by atoms with van der Waals surface area (Å²) in [6.07, 6.45) is 1.73. The van der Waals surface area contributed by atoms with Crippen LogP contribution in [0, 0.1) is 0 Å². The van der Waals surface area contributed by atoms with Crippen molar-refractivity contribution in [1.29, 1.82) is 0 Å². The number of rotatable bonds is 3. The number of aromatic nitrogens is 4. The van der Waals surface area contributed by atoms with Crippen molar-refractivity contribution >= 4 is 21.9 Å². The molecule has 0 aliphatic heterocycles. The SMILES string of the molecule is Nc1nc(Br)n(CCn2ccccc2=O)n1. The van der Waals surface area contributed by atoms with Crippen LogP contribution in [-0.4, -0.2) is 19.3 Å². The molecule has 0 atom stereocenters. The van der Waals surface area contributed by atoms with Gasteiger partial charge in [0, 0.05) is 18.8 Å². The predicted molar refractivity (Wildman–Crippen MR) is 62.8 cm³/mol. The van der Waals surface area contributed by atoms with Gasteiger partial charge in [-0.05, 0) is 22.0 Å². The van der Waals surface area contributed by atoms with Gasteiger partial charge < -0.3 is 10.3 Å². The van der Waals surface area contributed by atoms with Gasteiger partial charge in [-0.2, -0.15) is 4.98 Å². The summed E-state index contributed by atoms with van der Waals surface area (Å²) < 4.78 is 3.77. The van der Waals surface area contributed by atoms with E-state index in [0.717, 1.165) is 0 Å². The lowest BCUT2D eigenvalue weighted by atomic mass is 10.4. The lowest BCUT2D eigenvalue weighted by Gasteiger charge is -2.04. The third-order valence-corrected chi connectivity index (χ3v) is 2.68. The van der Waals surface area contributed by atoms with E-state index in [-0.39, 0.29) is 11.5 Å². The first-order valence-corrected chi connectivity index (χ1v) is 5.47. The molecule has 2 aromatic rings. The van der Waals surface area contributed by atoms with E-state index in [1.54, 1.807) is 21.5 Å². The van der Waals surface area contributed by atoms with E-state index in [2.05, 4.69) is 26.0 Å². The van der Waals surface area contributed by atoms with Crippen LogP contribution >= 0.6 is 15.9 Å². The van der Waals surface area contributed by atoms with Gasteiger partial charge in [0.1, 0.15) is 0 Å². The fourth-order valence-electron chi connectivity index (χ4n) is 1.33. The highest BCUT2D eigenvalue weighted by Gasteiger charge is 2.04. The average molecular weight is 284 g/mol. The van der Waals surface area contributed by atoms with E-state index in [1.807, 2.05) is 6.07 Å². The largest absolute Gasteiger partial charge is 0.366 e. The molecule has 0 unspecified atom stereocenters. The second-order valence-corrected chi connectivity index (χ2v) is 3.90. The standard InChI is InChI=1S/C9H10BrN5O/c10-8-12-9(11)13-15(8)6-5-14-4-2-1-3-7(14)16/h1-4H,5-6H2,(H2,11,13). The Labute approximate surface area is 99.8 Å². The van der Waals surface area contributed by atoms with Crippen molar-refractivity contribution in [2.75, 3.05) is 5.73 Å². The lowest BCUT2D eigenvalue weighted by Crippen LogP contribution is -2.21. The summed E-state index contributed by atoms with van der Waals surface area (Å²) in [6.45, 7) is 1.07. The smallest absolute Gasteiger partial charge is 0.250 e. The fourth-order valence-corrected chi connectivity index (χ4v) is 1.77. The topological polar surface area (TPSA) is 78.7 Å². The Hall–Kier alpha value is -1.63. The zero-order chi connectivity index (χ0) is 11.5. The molecular weight excluding hydrogens is 274 g/mol. The molecule has 0 amide bonds. The first-order valence-electron chi connectivity index (χ1n) is 4.68. The molecule has 0 bridgehead atoms. The molecule has 0 radical (unpaired) electrons. The number of anilines is 1. The Morgan fingerprint density at radius 1 is 1.38 bits per heavy atom. The Balaban J connectivity index is 2.11. The molecule has 16 heavy (non-hydrogen) atoms. The van der Waals surface area contributed by atoms with Gasteiger partial charge in [0.25, 0.3) is 5.56 Å². The summed E-state index contributed by atoms with van der Waals surface area (Å²) in [7, 11) is 0. The first kappa shape index (κ1) is 10.9. The van der Waals surface area contributed by atoms with Gasteiger partial charge >= 0.3 is 0 Å². The number of nitrogens with zero attached hydrogens (tertiary/aromatic N) is 4. The van der Waals surface area contributed by atoms with Crippen LogP contribution in [0.2, 0.25) is 0 Å². The molecule has 0 fully saturated rings. The predicted octanol–water partition coefficient (Wildman–Crippen LogP) is 0.485. The van der Waals surface area contributed by atoms with E-state index in [4.69, 9.17) is 5.73 Å². The number of aryl methyl sites for hydroxylation is 2. The van der Waals surface area contributed by atoms with Crippen LogP contribution in [0.15, 0.2) is 33.9 Å². The van der Waals surface area contributed by atoms with Crippen molar-refractivity contribution in [2.45, 2.75) is 13.1 Å². The maximum atomic E-state index is 11.4. The minimum absolute atomic E-state index is 0.0355. The summed E-state index contributed by atoms with van der Waals surface area (Å²) in [5.74, 6) is 0.215. The molecule has 84 valence electrons. The maximum Gasteiger partial charge on any atom is 0.250 e. The van der Waals surface area contributed by atoms with Gasteiger partial charge in [0.05, 0.1) is 6.54 Å². The summed E-state index contributed by atoms with van der Waals surface area (Å²) >= 11 is 3.23. The second kappa shape index (κ2) is 4.48. The second-order valence-electron chi connectivity index (χ2n) is 3.19. The molecule has 2 rings (SSSR count). The van der Waals surface area contributed by atoms with Gasteiger partial charge in [0.15, 0.2) is 4.73 Å². The van der Waals surface area contributed by atoms with Gasteiger partial charge in [-0.25, -0.2) is 4.68 Å². The summed E-state index contributed by atoms with van der Waals surface area (Å²) in [6, 6.07) is 5.04. The Bertz CT molecular complexity index is 547. The van der Waals surface area contributed by atoms with Crippen LogP contribution in [0.5, 0.6) is 0 Å².